The van der Waals surface area contributed by atoms with Crippen LogP contribution in [-0.4, -0.2) is 38.3 Å². The van der Waals surface area contributed by atoms with Crippen LogP contribution in [0.25, 0.3) is 11.4 Å². The van der Waals surface area contributed by atoms with Crippen LogP contribution >= 0.6 is 23.4 Å². The second-order valence-electron chi connectivity index (χ2n) is 6.68. The third-order valence-electron chi connectivity index (χ3n) is 4.57. The summed E-state index contributed by atoms with van der Waals surface area (Å²) >= 11 is 7.43. The molecule has 0 fully saturated rings. The van der Waals surface area contributed by atoms with Crippen molar-refractivity contribution in [2.45, 2.75) is 12.1 Å². The second kappa shape index (κ2) is 9.28. The molecule has 0 aliphatic heterocycles. The normalized spacial score (nSPS) is 10.8. The van der Waals surface area contributed by atoms with Gasteiger partial charge in [0.15, 0.2) is 5.82 Å². The number of carbonyl (C=O) groups excluding carboxylic acids is 1. The minimum absolute atomic E-state index is 0.161. The number of nitrogens with one attached hydrogen (secondary N) is 1. The fourth-order valence-electron chi connectivity index (χ4n) is 3.02. The Labute approximate surface area is 189 Å². The van der Waals surface area contributed by atoms with Crippen LogP contribution in [-0.2, 0) is 4.79 Å². The molecule has 0 unspecified atom stereocenters. The van der Waals surface area contributed by atoms with E-state index in [2.05, 4.69) is 15.5 Å². The van der Waals surface area contributed by atoms with E-state index in [1.807, 2.05) is 77.2 Å². The lowest BCUT2D eigenvalue weighted by Crippen LogP contribution is -2.16. The van der Waals surface area contributed by atoms with Gasteiger partial charge in [-0.2, -0.15) is 0 Å². The number of amides is 1. The fraction of sp³-hybridized carbons (Fsp3) is 0.136. The first-order valence-electron chi connectivity index (χ1n) is 9.48. The fourth-order valence-corrected chi connectivity index (χ4v) is 3.93. The molecule has 2 heterocycles. The number of para-hydroxylation sites is 1. The molecule has 4 aromatic rings. The second-order valence-corrected chi connectivity index (χ2v) is 8.03. The number of carbonyl (C=O) groups is 1. The van der Waals surface area contributed by atoms with Gasteiger partial charge < -0.3 is 10.1 Å². The van der Waals surface area contributed by atoms with Crippen LogP contribution in [0.1, 0.15) is 5.56 Å². The zero-order valence-electron chi connectivity index (χ0n) is 16.9. The lowest BCUT2D eigenvalue weighted by Gasteiger charge is -2.13. The number of hydrogen-bond acceptors (Lipinski definition) is 5. The van der Waals surface area contributed by atoms with E-state index in [4.69, 9.17) is 16.3 Å². The molecule has 0 bridgehead atoms. The number of anilines is 1. The Morgan fingerprint density at radius 3 is 2.65 bits per heavy atom. The molecular weight excluding hydrogens is 434 g/mol. The number of rotatable bonds is 7. The van der Waals surface area contributed by atoms with Crippen molar-refractivity contribution in [3.05, 3.63) is 77.6 Å². The molecular formula is C22H20ClN5O2S. The molecule has 0 spiro atoms. The van der Waals surface area contributed by atoms with Gasteiger partial charge in [0.1, 0.15) is 5.75 Å². The van der Waals surface area contributed by atoms with Gasteiger partial charge in [-0.3, -0.25) is 9.47 Å². The van der Waals surface area contributed by atoms with Crippen molar-refractivity contribution in [1.82, 2.24) is 19.5 Å². The third kappa shape index (κ3) is 4.60. The first-order chi connectivity index (χ1) is 15.1. The summed E-state index contributed by atoms with van der Waals surface area (Å²) in [5.74, 6) is 1.30. The molecule has 0 radical (unpaired) electrons. The third-order valence-corrected chi connectivity index (χ3v) is 5.89. The van der Waals surface area contributed by atoms with E-state index in [1.165, 1.54) is 11.8 Å². The van der Waals surface area contributed by atoms with Crippen molar-refractivity contribution in [3.63, 3.8) is 0 Å². The Hall–Kier alpha value is -3.23. The average Bonchev–Trinajstić information content (AvgIpc) is 3.44. The number of aryl methyl sites for hydroxylation is 1. The van der Waals surface area contributed by atoms with E-state index in [9.17, 15) is 4.79 Å². The van der Waals surface area contributed by atoms with Gasteiger partial charge >= 0.3 is 0 Å². The number of halogens is 1. The lowest BCUT2D eigenvalue weighted by molar-refractivity contribution is -0.113. The van der Waals surface area contributed by atoms with E-state index in [1.54, 1.807) is 13.2 Å². The number of thioether (sulfide) groups is 1. The van der Waals surface area contributed by atoms with Gasteiger partial charge in [-0.15, -0.1) is 10.2 Å². The molecule has 2 aromatic carbocycles. The average molecular weight is 454 g/mol. The molecule has 158 valence electrons. The Bertz CT molecular complexity index is 1210. The zero-order chi connectivity index (χ0) is 21.8. The zero-order valence-corrected chi connectivity index (χ0v) is 18.5. The van der Waals surface area contributed by atoms with Crippen LogP contribution in [0.4, 0.5) is 5.69 Å². The maximum absolute atomic E-state index is 12.5. The predicted molar refractivity (Wildman–Crippen MR) is 123 cm³/mol. The number of methoxy groups -OCH3 is 1. The summed E-state index contributed by atoms with van der Waals surface area (Å²) in [4.78, 5) is 12.5. The quantitative estimate of drug-likeness (QED) is 0.408. The van der Waals surface area contributed by atoms with Crippen molar-refractivity contribution >= 4 is 35.0 Å². The summed E-state index contributed by atoms with van der Waals surface area (Å²) in [6.07, 6.45) is 3.78. The van der Waals surface area contributed by atoms with Gasteiger partial charge in [0.2, 0.25) is 11.1 Å². The van der Waals surface area contributed by atoms with Crippen molar-refractivity contribution in [2.75, 3.05) is 18.2 Å². The number of benzene rings is 2. The molecule has 0 saturated heterocycles. The van der Waals surface area contributed by atoms with Crippen LogP contribution < -0.4 is 10.1 Å². The molecule has 1 N–H and O–H groups in total. The summed E-state index contributed by atoms with van der Waals surface area (Å²) < 4.78 is 9.20. The van der Waals surface area contributed by atoms with E-state index >= 15 is 0 Å². The molecule has 0 saturated carbocycles. The molecule has 9 heteroatoms. The van der Waals surface area contributed by atoms with Gasteiger partial charge in [-0.05, 0) is 48.9 Å². The Morgan fingerprint density at radius 2 is 1.90 bits per heavy atom. The van der Waals surface area contributed by atoms with Gasteiger partial charge in [0.05, 0.1) is 18.4 Å². The first-order valence-corrected chi connectivity index (χ1v) is 10.8. The molecule has 7 nitrogen and oxygen atoms in total. The van der Waals surface area contributed by atoms with E-state index < -0.39 is 0 Å². The van der Waals surface area contributed by atoms with Crippen LogP contribution in [0.3, 0.4) is 0 Å². The largest absolute Gasteiger partial charge is 0.496 e. The number of nitrogens with zero attached hydrogens (tertiary/aromatic N) is 4. The van der Waals surface area contributed by atoms with E-state index in [-0.39, 0.29) is 11.7 Å². The highest BCUT2D eigenvalue weighted by molar-refractivity contribution is 7.99. The molecule has 4 rings (SSSR count). The highest BCUT2D eigenvalue weighted by Crippen LogP contribution is 2.31. The number of hydrogen-bond donors (Lipinski definition) is 1. The Balaban J connectivity index is 1.58. The van der Waals surface area contributed by atoms with Crippen molar-refractivity contribution in [3.8, 4) is 17.1 Å². The molecule has 0 aliphatic carbocycles. The summed E-state index contributed by atoms with van der Waals surface area (Å²) in [7, 11) is 1.62. The maximum Gasteiger partial charge on any atom is 0.234 e. The van der Waals surface area contributed by atoms with E-state index in [0.717, 1.165) is 11.1 Å². The van der Waals surface area contributed by atoms with Crippen molar-refractivity contribution in [1.29, 1.82) is 0 Å². The minimum Gasteiger partial charge on any atom is -0.496 e. The van der Waals surface area contributed by atoms with E-state index in [0.29, 0.717) is 27.4 Å². The Morgan fingerprint density at radius 1 is 1.13 bits per heavy atom. The highest BCUT2D eigenvalue weighted by atomic mass is 35.5. The summed E-state index contributed by atoms with van der Waals surface area (Å²) in [5, 5.41) is 12.8. The molecule has 0 aliphatic rings. The molecule has 31 heavy (non-hydrogen) atoms. The number of aromatic nitrogens is 4. The van der Waals surface area contributed by atoms with Crippen LogP contribution in [0.15, 0.2) is 72.1 Å². The standard InChI is InChI=1S/C22H20ClN5O2S/c1-15-9-10-16(13-18(15)23)24-20(29)14-31-22-26-25-21(28(22)27-11-5-6-12-27)17-7-3-4-8-19(17)30-2/h3-13H,14H2,1-2H3,(H,24,29). The monoisotopic (exact) mass is 453 g/mol. The van der Waals surface area contributed by atoms with Crippen LogP contribution in [0.5, 0.6) is 5.75 Å². The predicted octanol–water partition coefficient (Wildman–Crippen LogP) is 4.76. The molecule has 2 aromatic heterocycles. The molecule has 0 atom stereocenters. The van der Waals surface area contributed by atoms with Crippen LogP contribution in [0, 0.1) is 6.92 Å². The van der Waals surface area contributed by atoms with Gasteiger partial charge in [-0.1, -0.05) is 41.6 Å². The van der Waals surface area contributed by atoms with Crippen molar-refractivity contribution < 1.29 is 9.53 Å². The van der Waals surface area contributed by atoms with Gasteiger partial charge in [0, 0.05) is 23.1 Å². The van der Waals surface area contributed by atoms with Crippen molar-refractivity contribution in [2.24, 2.45) is 0 Å². The lowest BCUT2D eigenvalue weighted by atomic mass is 10.2. The first kappa shape index (κ1) is 21.0. The summed E-state index contributed by atoms with van der Waals surface area (Å²) in [6, 6.07) is 16.9. The van der Waals surface area contributed by atoms with Gasteiger partial charge in [-0.25, -0.2) is 4.68 Å². The Kier molecular flexibility index (Phi) is 6.29. The van der Waals surface area contributed by atoms with Crippen LogP contribution in [0.2, 0.25) is 5.02 Å². The minimum atomic E-state index is -0.161. The summed E-state index contributed by atoms with van der Waals surface area (Å²) in [6.45, 7) is 1.91. The summed E-state index contributed by atoms with van der Waals surface area (Å²) in [5.41, 5.74) is 2.41. The highest BCUT2D eigenvalue weighted by Gasteiger charge is 2.19. The SMILES string of the molecule is COc1ccccc1-c1nnc(SCC(=O)Nc2ccc(C)c(Cl)c2)n1-n1cccc1. The maximum atomic E-state index is 12.5. The number of ether oxygens (including phenoxy) is 1. The topological polar surface area (TPSA) is 74.0 Å². The van der Waals surface area contributed by atoms with Gasteiger partial charge in [0.25, 0.3) is 0 Å². The molecule has 1 amide bonds. The smallest absolute Gasteiger partial charge is 0.234 e.